The lowest BCUT2D eigenvalue weighted by atomic mass is 9.93. The second-order valence-electron chi connectivity index (χ2n) is 4.98. The first kappa shape index (κ1) is 13.0. The van der Waals surface area contributed by atoms with E-state index in [4.69, 9.17) is 4.74 Å². The maximum Gasteiger partial charge on any atom is 0.0510 e. The first-order valence-electron chi connectivity index (χ1n) is 6.52. The monoisotopic (exact) mass is 213 g/mol. The van der Waals surface area contributed by atoms with E-state index >= 15 is 0 Å². The van der Waals surface area contributed by atoms with Crippen LogP contribution in [-0.2, 0) is 4.74 Å². The molecule has 0 spiro atoms. The van der Waals surface area contributed by atoms with E-state index in [0.29, 0.717) is 12.1 Å². The third-order valence-corrected chi connectivity index (χ3v) is 3.95. The van der Waals surface area contributed by atoms with Gasteiger partial charge in [-0.05, 0) is 31.6 Å². The molecule has 1 saturated heterocycles. The molecule has 0 aliphatic carbocycles. The summed E-state index contributed by atoms with van der Waals surface area (Å²) in [6.45, 7) is 11.1. The fourth-order valence-corrected chi connectivity index (χ4v) is 2.31. The Morgan fingerprint density at radius 2 is 2.00 bits per heavy atom. The Morgan fingerprint density at radius 3 is 2.47 bits per heavy atom. The number of rotatable bonds is 6. The van der Waals surface area contributed by atoms with Crippen molar-refractivity contribution in [3.8, 4) is 0 Å². The molecule has 1 heterocycles. The van der Waals surface area contributed by atoms with Crippen molar-refractivity contribution in [1.82, 2.24) is 5.32 Å². The van der Waals surface area contributed by atoms with E-state index in [1.807, 2.05) is 0 Å². The van der Waals surface area contributed by atoms with Crippen LogP contribution in [0.5, 0.6) is 0 Å². The molecule has 90 valence electrons. The minimum atomic E-state index is 0.626. The fourth-order valence-electron chi connectivity index (χ4n) is 2.31. The quantitative estimate of drug-likeness (QED) is 0.732. The molecule has 4 atom stereocenters. The summed E-state index contributed by atoms with van der Waals surface area (Å²) in [6.07, 6.45) is 3.71. The van der Waals surface area contributed by atoms with Crippen LogP contribution in [0, 0.1) is 11.8 Å². The van der Waals surface area contributed by atoms with Gasteiger partial charge in [0.2, 0.25) is 0 Å². The van der Waals surface area contributed by atoms with Crippen LogP contribution in [0.2, 0.25) is 0 Å². The van der Waals surface area contributed by atoms with Crippen molar-refractivity contribution in [3.05, 3.63) is 0 Å². The molecular weight excluding hydrogens is 186 g/mol. The van der Waals surface area contributed by atoms with Crippen LogP contribution >= 0.6 is 0 Å². The SMILES string of the molecule is CCC(C)C(C)NC(CC)C1CCOC1. The number of hydrogen-bond acceptors (Lipinski definition) is 2. The van der Waals surface area contributed by atoms with Gasteiger partial charge in [-0.2, -0.15) is 0 Å². The van der Waals surface area contributed by atoms with Crippen LogP contribution in [-0.4, -0.2) is 25.3 Å². The summed E-state index contributed by atoms with van der Waals surface area (Å²) in [7, 11) is 0. The molecule has 0 aromatic rings. The molecule has 0 bridgehead atoms. The average Bonchev–Trinajstić information content (AvgIpc) is 2.77. The molecular formula is C13H27NO. The fraction of sp³-hybridized carbons (Fsp3) is 1.00. The Bertz CT molecular complexity index is 166. The van der Waals surface area contributed by atoms with Gasteiger partial charge >= 0.3 is 0 Å². The number of hydrogen-bond donors (Lipinski definition) is 1. The maximum atomic E-state index is 5.47. The van der Waals surface area contributed by atoms with E-state index in [1.165, 1.54) is 19.3 Å². The lowest BCUT2D eigenvalue weighted by Crippen LogP contribution is -2.44. The lowest BCUT2D eigenvalue weighted by Gasteiger charge is -2.29. The van der Waals surface area contributed by atoms with Gasteiger partial charge in [0.15, 0.2) is 0 Å². The molecule has 0 saturated carbocycles. The Hall–Kier alpha value is -0.0800. The van der Waals surface area contributed by atoms with E-state index in [-0.39, 0.29) is 0 Å². The van der Waals surface area contributed by atoms with Gasteiger partial charge in [-0.3, -0.25) is 0 Å². The average molecular weight is 213 g/mol. The number of nitrogens with one attached hydrogen (secondary N) is 1. The minimum absolute atomic E-state index is 0.626. The molecule has 1 fully saturated rings. The minimum Gasteiger partial charge on any atom is -0.381 e. The van der Waals surface area contributed by atoms with Crippen molar-refractivity contribution in [2.75, 3.05) is 13.2 Å². The summed E-state index contributed by atoms with van der Waals surface area (Å²) >= 11 is 0. The van der Waals surface area contributed by atoms with E-state index in [9.17, 15) is 0 Å². The van der Waals surface area contributed by atoms with Gasteiger partial charge in [0, 0.05) is 18.7 Å². The van der Waals surface area contributed by atoms with E-state index in [0.717, 1.165) is 25.0 Å². The normalized spacial score (nSPS) is 27.6. The molecule has 1 rings (SSSR count). The Labute approximate surface area is 94.8 Å². The molecule has 2 nitrogen and oxygen atoms in total. The van der Waals surface area contributed by atoms with E-state index < -0.39 is 0 Å². The lowest BCUT2D eigenvalue weighted by molar-refractivity contribution is 0.171. The molecule has 0 radical (unpaired) electrons. The molecule has 2 heteroatoms. The molecule has 15 heavy (non-hydrogen) atoms. The highest BCUT2D eigenvalue weighted by molar-refractivity contribution is 4.81. The van der Waals surface area contributed by atoms with Gasteiger partial charge in [0.05, 0.1) is 6.61 Å². The Balaban J connectivity index is 2.38. The van der Waals surface area contributed by atoms with Crippen molar-refractivity contribution in [3.63, 3.8) is 0 Å². The zero-order chi connectivity index (χ0) is 11.3. The van der Waals surface area contributed by atoms with Crippen molar-refractivity contribution in [1.29, 1.82) is 0 Å². The molecule has 4 unspecified atom stereocenters. The zero-order valence-electron chi connectivity index (χ0n) is 10.8. The van der Waals surface area contributed by atoms with Crippen LogP contribution in [0.15, 0.2) is 0 Å². The van der Waals surface area contributed by atoms with Gasteiger partial charge < -0.3 is 10.1 Å². The molecule has 0 aromatic carbocycles. The molecule has 1 aliphatic rings. The molecule has 0 amide bonds. The Kier molecular flexibility index (Phi) is 5.62. The van der Waals surface area contributed by atoms with Gasteiger partial charge in [0.25, 0.3) is 0 Å². The summed E-state index contributed by atoms with van der Waals surface area (Å²) in [5, 5.41) is 3.78. The predicted molar refractivity (Wildman–Crippen MR) is 65.1 cm³/mol. The highest BCUT2D eigenvalue weighted by Gasteiger charge is 2.26. The van der Waals surface area contributed by atoms with Crippen LogP contribution in [0.3, 0.4) is 0 Å². The van der Waals surface area contributed by atoms with Gasteiger partial charge in [-0.15, -0.1) is 0 Å². The van der Waals surface area contributed by atoms with Crippen molar-refractivity contribution < 1.29 is 4.74 Å². The largest absolute Gasteiger partial charge is 0.381 e. The van der Waals surface area contributed by atoms with E-state index in [2.05, 4.69) is 33.0 Å². The summed E-state index contributed by atoms with van der Waals surface area (Å²) in [5.74, 6) is 1.50. The van der Waals surface area contributed by atoms with Crippen LogP contribution in [0.4, 0.5) is 0 Å². The molecule has 1 aliphatic heterocycles. The standard InChI is InChI=1S/C13H27NO/c1-5-10(3)11(4)14-13(6-2)12-7-8-15-9-12/h10-14H,5-9H2,1-4H3. The van der Waals surface area contributed by atoms with Crippen molar-refractivity contribution in [2.24, 2.45) is 11.8 Å². The Morgan fingerprint density at radius 1 is 1.27 bits per heavy atom. The summed E-state index contributed by atoms with van der Waals surface area (Å²) < 4.78 is 5.47. The summed E-state index contributed by atoms with van der Waals surface area (Å²) in [6, 6.07) is 1.28. The third-order valence-electron chi connectivity index (χ3n) is 3.95. The molecule has 0 aromatic heterocycles. The highest BCUT2D eigenvalue weighted by atomic mass is 16.5. The van der Waals surface area contributed by atoms with Gasteiger partial charge in [0.1, 0.15) is 0 Å². The second kappa shape index (κ2) is 6.49. The van der Waals surface area contributed by atoms with Gasteiger partial charge in [-0.25, -0.2) is 0 Å². The molecule has 1 N–H and O–H groups in total. The predicted octanol–water partition coefficient (Wildman–Crippen LogP) is 2.83. The summed E-state index contributed by atoms with van der Waals surface area (Å²) in [5.41, 5.74) is 0. The van der Waals surface area contributed by atoms with E-state index in [1.54, 1.807) is 0 Å². The second-order valence-corrected chi connectivity index (χ2v) is 4.98. The first-order valence-corrected chi connectivity index (χ1v) is 6.52. The third kappa shape index (κ3) is 3.76. The maximum absolute atomic E-state index is 5.47. The smallest absolute Gasteiger partial charge is 0.0510 e. The topological polar surface area (TPSA) is 21.3 Å². The van der Waals surface area contributed by atoms with Crippen molar-refractivity contribution >= 4 is 0 Å². The number of ether oxygens (including phenoxy) is 1. The van der Waals surface area contributed by atoms with Crippen LogP contribution < -0.4 is 5.32 Å². The first-order chi connectivity index (χ1) is 7.19. The van der Waals surface area contributed by atoms with Crippen molar-refractivity contribution in [2.45, 2.75) is 59.0 Å². The zero-order valence-corrected chi connectivity index (χ0v) is 10.8. The van der Waals surface area contributed by atoms with Gasteiger partial charge in [-0.1, -0.05) is 27.2 Å². The van der Waals surface area contributed by atoms with Crippen LogP contribution in [0.25, 0.3) is 0 Å². The summed E-state index contributed by atoms with van der Waals surface area (Å²) in [4.78, 5) is 0. The highest BCUT2D eigenvalue weighted by Crippen LogP contribution is 2.20. The van der Waals surface area contributed by atoms with Crippen LogP contribution in [0.1, 0.15) is 47.0 Å².